The van der Waals surface area contributed by atoms with Gasteiger partial charge in [-0.25, -0.2) is 0 Å². The molecule has 2 bridgehead atoms. The van der Waals surface area contributed by atoms with Crippen molar-refractivity contribution < 1.29 is 0 Å². The van der Waals surface area contributed by atoms with E-state index in [0.29, 0.717) is 6.04 Å². The minimum atomic E-state index is 0.520. The molecule has 3 saturated carbocycles. The Hall–Kier alpha value is -0.0400. The van der Waals surface area contributed by atoms with Crippen LogP contribution in [-0.4, -0.2) is 6.04 Å². The molecule has 1 nitrogen and oxygen atoms in total. The summed E-state index contributed by atoms with van der Waals surface area (Å²) in [6.07, 6.45) is 13.1. The van der Waals surface area contributed by atoms with Crippen molar-refractivity contribution in [2.45, 2.75) is 70.8 Å². The normalized spacial score (nSPS) is 47.3. The maximum absolute atomic E-state index is 6.51. The molecule has 4 unspecified atom stereocenters. The summed E-state index contributed by atoms with van der Waals surface area (Å²) in [6.45, 7) is 2.40. The molecule has 0 aromatic carbocycles. The van der Waals surface area contributed by atoms with Crippen molar-refractivity contribution in [3.05, 3.63) is 0 Å². The number of hydrogen-bond donors (Lipinski definition) is 1. The molecular formula is C16H29N. The fourth-order valence-electron chi connectivity index (χ4n) is 4.92. The van der Waals surface area contributed by atoms with Gasteiger partial charge >= 0.3 is 0 Å². The van der Waals surface area contributed by atoms with E-state index in [4.69, 9.17) is 5.73 Å². The van der Waals surface area contributed by atoms with Gasteiger partial charge in [0, 0.05) is 6.04 Å². The lowest BCUT2D eigenvalue weighted by atomic mass is 9.75. The Morgan fingerprint density at radius 1 is 1.00 bits per heavy atom. The van der Waals surface area contributed by atoms with Crippen LogP contribution in [0.2, 0.25) is 0 Å². The van der Waals surface area contributed by atoms with Crippen LogP contribution in [0.4, 0.5) is 0 Å². The summed E-state index contributed by atoms with van der Waals surface area (Å²) in [7, 11) is 0. The van der Waals surface area contributed by atoms with Crippen LogP contribution in [0.25, 0.3) is 0 Å². The largest absolute Gasteiger partial charge is 0.327 e. The summed E-state index contributed by atoms with van der Waals surface area (Å²) < 4.78 is 0. The van der Waals surface area contributed by atoms with Crippen molar-refractivity contribution in [1.29, 1.82) is 0 Å². The van der Waals surface area contributed by atoms with Crippen LogP contribution in [0.1, 0.15) is 64.7 Å². The summed E-state index contributed by atoms with van der Waals surface area (Å²) in [4.78, 5) is 0. The predicted octanol–water partition coefficient (Wildman–Crippen LogP) is 3.97. The second-order valence-corrected chi connectivity index (χ2v) is 7.35. The molecule has 1 heteroatoms. The predicted molar refractivity (Wildman–Crippen MR) is 72.7 cm³/mol. The first kappa shape index (κ1) is 12.0. The quantitative estimate of drug-likeness (QED) is 0.787. The van der Waals surface area contributed by atoms with E-state index in [-0.39, 0.29) is 0 Å². The molecule has 2 N–H and O–H groups in total. The van der Waals surface area contributed by atoms with Gasteiger partial charge in [0.2, 0.25) is 0 Å². The first-order valence-electron chi connectivity index (χ1n) is 7.98. The highest BCUT2D eigenvalue weighted by Gasteiger charge is 2.40. The Morgan fingerprint density at radius 2 is 1.76 bits per heavy atom. The van der Waals surface area contributed by atoms with Crippen LogP contribution < -0.4 is 5.73 Å². The molecule has 3 aliphatic carbocycles. The molecule has 17 heavy (non-hydrogen) atoms. The van der Waals surface area contributed by atoms with Crippen LogP contribution in [0.5, 0.6) is 0 Å². The molecule has 0 heterocycles. The number of rotatable bonds is 3. The van der Waals surface area contributed by atoms with Gasteiger partial charge < -0.3 is 5.73 Å². The molecule has 3 rings (SSSR count). The molecule has 98 valence electrons. The molecule has 0 radical (unpaired) electrons. The van der Waals surface area contributed by atoms with Gasteiger partial charge in [-0.05, 0) is 68.1 Å². The minimum absolute atomic E-state index is 0.520. The SMILES string of the molecule is CC1CCC(C(N)CC2CC3CCC2C3)CC1. The van der Waals surface area contributed by atoms with Crippen LogP contribution in [0.3, 0.4) is 0 Å². The van der Waals surface area contributed by atoms with E-state index >= 15 is 0 Å². The van der Waals surface area contributed by atoms with E-state index < -0.39 is 0 Å². The Bertz CT molecular complexity index is 254. The third-order valence-electron chi connectivity index (χ3n) is 6.13. The van der Waals surface area contributed by atoms with Gasteiger partial charge in [-0.3, -0.25) is 0 Å². The third kappa shape index (κ3) is 2.54. The van der Waals surface area contributed by atoms with Gasteiger partial charge in [0.15, 0.2) is 0 Å². The number of hydrogen-bond acceptors (Lipinski definition) is 1. The zero-order chi connectivity index (χ0) is 11.8. The van der Waals surface area contributed by atoms with Crippen molar-refractivity contribution in [1.82, 2.24) is 0 Å². The van der Waals surface area contributed by atoms with Crippen LogP contribution in [-0.2, 0) is 0 Å². The van der Waals surface area contributed by atoms with Crippen molar-refractivity contribution in [2.24, 2.45) is 35.3 Å². The summed E-state index contributed by atoms with van der Waals surface area (Å²) in [5.74, 6) is 4.96. The smallest absolute Gasteiger partial charge is 0.00699 e. The highest BCUT2D eigenvalue weighted by atomic mass is 14.7. The second-order valence-electron chi connectivity index (χ2n) is 7.35. The molecular weight excluding hydrogens is 206 g/mol. The Kier molecular flexibility index (Phi) is 3.47. The zero-order valence-electron chi connectivity index (χ0n) is 11.4. The van der Waals surface area contributed by atoms with Gasteiger partial charge in [0.25, 0.3) is 0 Å². The van der Waals surface area contributed by atoms with Gasteiger partial charge in [-0.1, -0.05) is 26.2 Å². The van der Waals surface area contributed by atoms with Gasteiger partial charge in [-0.2, -0.15) is 0 Å². The lowest BCUT2D eigenvalue weighted by Crippen LogP contribution is -2.35. The van der Waals surface area contributed by atoms with E-state index in [1.54, 1.807) is 6.42 Å². The van der Waals surface area contributed by atoms with E-state index in [0.717, 1.165) is 29.6 Å². The maximum Gasteiger partial charge on any atom is 0.00699 e. The van der Waals surface area contributed by atoms with Gasteiger partial charge in [-0.15, -0.1) is 0 Å². The van der Waals surface area contributed by atoms with E-state index in [9.17, 15) is 0 Å². The van der Waals surface area contributed by atoms with Crippen LogP contribution in [0, 0.1) is 29.6 Å². The van der Waals surface area contributed by atoms with Gasteiger partial charge in [0.1, 0.15) is 0 Å². The molecule has 0 amide bonds. The summed E-state index contributed by atoms with van der Waals surface area (Å²) in [6, 6.07) is 0.520. The molecule has 0 aromatic rings. The Morgan fingerprint density at radius 3 is 2.35 bits per heavy atom. The monoisotopic (exact) mass is 235 g/mol. The van der Waals surface area contributed by atoms with Crippen molar-refractivity contribution in [3.63, 3.8) is 0 Å². The lowest BCUT2D eigenvalue weighted by molar-refractivity contribution is 0.209. The molecule has 0 saturated heterocycles. The maximum atomic E-state index is 6.51. The average molecular weight is 235 g/mol. The summed E-state index contributed by atoms with van der Waals surface area (Å²) in [5.41, 5.74) is 6.51. The Balaban J connectivity index is 1.48. The highest BCUT2D eigenvalue weighted by Crippen LogP contribution is 2.50. The molecule has 0 aliphatic heterocycles. The number of fused-ring (bicyclic) bond motifs is 2. The zero-order valence-corrected chi connectivity index (χ0v) is 11.4. The van der Waals surface area contributed by atoms with Crippen LogP contribution >= 0.6 is 0 Å². The van der Waals surface area contributed by atoms with E-state index in [2.05, 4.69) is 6.92 Å². The summed E-state index contributed by atoms with van der Waals surface area (Å²) >= 11 is 0. The fraction of sp³-hybridized carbons (Fsp3) is 1.00. The average Bonchev–Trinajstić information content (AvgIpc) is 2.91. The molecule has 3 aliphatic rings. The Labute approximate surface area is 107 Å². The van der Waals surface area contributed by atoms with Crippen molar-refractivity contribution >= 4 is 0 Å². The summed E-state index contributed by atoms with van der Waals surface area (Å²) in [5, 5.41) is 0. The van der Waals surface area contributed by atoms with Gasteiger partial charge in [0.05, 0.1) is 0 Å². The van der Waals surface area contributed by atoms with E-state index in [1.165, 1.54) is 51.4 Å². The first-order valence-corrected chi connectivity index (χ1v) is 7.98. The minimum Gasteiger partial charge on any atom is -0.327 e. The molecule has 3 fully saturated rings. The lowest BCUT2D eigenvalue weighted by Gasteiger charge is -2.33. The third-order valence-corrected chi connectivity index (χ3v) is 6.13. The fourth-order valence-corrected chi connectivity index (χ4v) is 4.92. The van der Waals surface area contributed by atoms with Crippen LogP contribution in [0.15, 0.2) is 0 Å². The second kappa shape index (κ2) is 4.91. The topological polar surface area (TPSA) is 26.0 Å². The highest BCUT2D eigenvalue weighted by molar-refractivity contribution is 4.92. The molecule has 0 aromatic heterocycles. The molecule has 4 atom stereocenters. The van der Waals surface area contributed by atoms with E-state index in [1.807, 2.05) is 0 Å². The first-order chi connectivity index (χ1) is 8.22. The van der Waals surface area contributed by atoms with Crippen molar-refractivity contribution in [3.8, 4) is 0 Å². The molecule has 0 spiro atoms. The number of nitrogens with two attached hydrogens (primary N) is 1. The van der Waals surface area contributed by atoms with Crippen molar-refractivity contribution in [2.75, 3.05) is 0 Å². The standard InChI is InChI=1S/C16H29N/c1-11-2-5-13(6-3-11)16(17)10-15-9-12-4-7-14(15)8-12/h11-16H,2-10,17H2,1H3.